The molecule has 41 heavy (non-hydrogen) atoms. The summed E-state index contributed by atoms with van der Waals surface area (Å²) < 4.78 is 4.63. The number of carboxylic acid groups (broad SMARTS) is 1. The van der Waals surface area contributed by atoms with Gasteiger partial charge in [-0.2, -0.15) is 4.98 Å². The third-order valence-electron chi connectivity index (χ3n) is 5.81. The zero-order valence-corrected chi connectivity index (χ0v) is 22.8. The van der Waals surface area contributed by atoms with Gasteiger partial charge in [-0.3, -0.25) is 34.3 Å². The van der Waals surface area contributed by atoms with Crippen molar-refractivity contribution in [1.82, 2.24) is 25.3 Å². The first-order valence-corrected chi connectivity index (χ1v) is 12.4. The van der Waals surface area contributed by atoms with E-state index >= 15 is 0 Å². The van der Waals surface area contributed by atoms with E-state index in [2.05, 4.69) is 35.3 Å². The molecule has 15 nitrogen and oxygen atoms in total. The third-order valence-corrected chi connectivity index (χ3v) is 5.81. The third kappa shape index (κ3) is 7.90. The number of ether oxygens (including phenoxy) is 1. The van der Waals surface area contributed by atoms with E-state index in [0.717, 1.165) is 7.11 Å². The molecule has 1 aromatic carbocycles. The van der Waals surface area contributed by atoms with Crippen molar-refractivity contribution in [2.75, 3.05) is 17.3 Å². The zero-order valence-electron chi connectivity index (χ0n) is 22.8. The van der Waals surface area contributed by atoms with Gasteiger partial charge in [-0.15, -0.1) is 0 Å². The molecule has 0 spiro atoms. The summed E-state index contributed by atoms with van der Waals surface area (Å²) in [5.41, 5.74) is 0.149. The minimum atomic E-state index is -1.15. The number of nitrogens with zero attached hydrogens (tertiary/aromatic N) is 4. The fraction of sp³-hybridized carbons (Fsp3) is 0.346. The lowest BCUT2D eigenvalue weighted by atomic mass is 10.1. The molecule has 0 aliphatic heterocycles. The lowest BCUT2D eigenvalue weighted by molar-refractivity contribution is -0.143. The molecular formula is C26H29N7O8. The highest BCUT2D eigenvalue weighted by molar-refractivity contribution is 5.98. The van der Waals surface area contributed by atoms with Gasteiger partial charge < -0.3 is 20.1 Å². The Balaban J connectivity index is 1.78. The predicted molar refractivity (Wildman–Crippen MR) is 145 cm³/mol. The van der Waals surface area contributed by atoms with E-state index in [-0.39, 0.29) is 65.5 Å². The summed E-state index contributed by atoms with van der Waals surface area (Å²) in [5, 5.41) is 13.8. The van der Waals surface area contributed by atoms with Crippen LogP contribution in [0.15, 0.2) is 35.3 Å². The molecule has 0 fully saturated rings. The maximum atomic E-state index is 12.7. The molecule has 0 aliphatic rings. The Bertz CT molecular complexity index is 1540. The smallest absolute Gasteiger partial charge is 0.328 e. The number of hydrogen-bond acceptors (Lipinski definition) is 10. The van der Waals surface area contributed by atoms with E-state index in [4.69, 9.17) is 5.11 Å². The number of aromatic amines is 1. The average Bonchev–Trinajstić information content (AvgIpc) is 2.93. The molecule has 0 unspecified atom stereocenters. The van der Waals surface area contributed by atoms with Gasteiger partial charge >= 0.3 is 11.9 Å². The van der Waals surface area contributed by atoms with E-state index in [1.165, 1.54) is 42.3 Å². The number of esters is 1. The number of benzene rings is 1. The van der Waals surface area contributed by atoms with Crippen LogP contribution < -0.4 is 21.1 Å². The highest BCUT2D eigenvalue weighted by Crippen LogP contribution is 2.19. The second-order valence-electron chi connectivity index (χ2n) is 9.23. The van der Waals surface area contributed by atoms with E-state index in [1.807, 2.05) is 0 Å². The summed E-state index contributed by atoms with van der Waals surface area (Å²) in [6.45, 7) is 4.65. The standard InChI is InChI=1S/C26H29N7O8/c1-13(2)22(37)31-26-30-21-20(24(39)32-26)28-16(11-27-21)12-33(14(3)34)17-7-5-15(6-8-17)23(38)29-18(25(40)41-4)9-10-19(35)36/h5-8,11,13,18H,9-10,12H2,1-4H3,(H,29,38)(H,35,36)(H2,27,30,31,32,37,39)/t18-/m0/s1. The zero-order chi connectivity index (χ0) is 30.3. The number of carboxylic acids is 1. The number of aliphatic carboxylic acids is 1. The van der Waals surface area contributed by atoms with Crippen LogP contribution in [0, 0.1) is 5.92 Å². The summed E-state index contributed by atoms with van der Waals surface area (Å²) >= 11 is 0. The molecular weight excluding hydrogens is 538 g/mol. The molecule has 0 saturated heterocycles. The van der Waals surface area contributed by atoms with E-state index < -0.39 is 29.4 Å². The van der Waals surface area contributed by atoms with Crippen molar-refractivity contribution in [3.05, 3.63) is 52.1 Å². The number of fused-ring (bicyclic) bond motifs is 1. The number of carbonyl (C=O) groups excluding carboxylic acids is 4. The first kappa shape index (κ1) is 30.3. The Morgan fingerprint density at radius 3 is 2.37 bits per heavy atom. The van der Waals surface area contributed by atoms with Crippen molar-refractivity contribution < 1.29 is 33.8 Å². The monoisotopic (exact) mass is 567 g/mol. The van der Waals surface area contributed by atoms with Gasteiger partial charge in [-0.05, 0) is 30.7 Å². The highest BCUT2D eigenvalue weighted by atomic mass is 16.5. The van der Waals surface area contributed by atoms with Crippen molar-refractivity contribution in [3.63, 3.8) is 0 Å². The van der Waals surface area contributed by atoms with Crippen LogP contribution in [0.1, 0.15) is 49.7 Å². The number of H-pyrrole nitrogens is 1. The van der Waals surface area contributed by atoms with Crippen molar-refractivity contribution in [1.29, 1.82) is 0 Å². The minimum Gasteiger partial charge on any atom is -0.481 e. The Morgan fingerprint density at radius 2 is 1.78 bits per heavy atom. The van der Waals surface area contributed by atoms with Crippen LogP contribution in [-0.2, 0) is 30.5 Å². The molecule has 4 N–H and O–H groups in total. The van der Waals surface area contributed by atoms with Gasteiger partial charge in [0.05, 0.1) is 25.5 Å². The Hall–Kier alpha value is -5.21. The molecule has 0 radical (unpaired) electrons. The van der Waals surface area contributed by atoms with Crippen LogP contribution in [0.25, 0.3) is 11.2 Å². The minimum absolute atomic E-state index is 0.00918. The molecule has 2 heterocycles. The molecule has 3 aromatic rings. The summed E-state index contributed by atoms with van der Waals surface area (Å²) in [5.74, 6) is -3.62. The van der Waals surface area contributed by atoms with E-state index in [9.17, 15) is 28.8 Å². The molecule has 3 amide bonds. The number of methoxy groups -OCH3 is 1. The van der Waals surface area contributed by atoms with Crippen molar-refractivity contribution in [2.24, 2.45) is 5.92 Å². The molecule has 0 saturated carbocycles. The first-order valence-electron chi connectivity index (χ1n) is 12.4. The second kappa shape index (κ2) is 13.2. The van der Waals surface area contributed by atoms with E-state index in [0.29, 0.717) is 5.69 Å². The molecule has 0 aliphatic carbocycles. The average molecular weight is 568 g/mol. The van der Waals surface area contributed by atoms with Crippen LogP contribution >= 0.6 is 0 Å². The van der Waals surface area contributed by atoms with Gasteiger partial charge in [0.1, 0.15) is 6.04 Å². The second-order valence-corrected chi connectivity index (χ2v) is 9.23. The van der Waals surface area contributed by atoms with Gasteiger partial charge in [0.15, 0.2) is 11.2 Å². The highest BCUT2D eigenvalue weighted by Gasteiger charge is 2.23. The normalized spacial score (nSPS) is 11.5. The number of aromatic nitrogens is 4. The molecule has 216 valence electrons. The maximum absolute atomic E-state index is 12.7. The van der Waals surface area contributed by atoms with E-state index in [1.54, 1.807) is 13.8 Å². The molecule has 1 atom stereocenters. The quantitative estimate of drug-likeness (QED) is 0.240. The van der Waals surface area contributed by atoms with Gasteiger partial charge in [0, 0.05) is 30.5 Å². The fourth-order valence-corrected chi connectivity index (χ4v) is 3.59. The van der Waals surface area contributed by atoms with Gasteiger partial charge in [0.2, 0.25) is 17.8 Å². The van der Waals surface area contributed by atoms with Crippen LogP contribution in [0.4, 0.5) is 11.6 Å². The largest absolute Gasteiger partial charge is 0.481 e. The molecule has 3 rings (SSSR count). The predicted octanol–water partition coefficient (Wildman–Crippen LogP) is 0.997. The van der Waals surface area contributed by atoms with Crippen LogP contribution in [0.3, 0.4) is 0 Å². The van der Waals surface area contributed by atoms with Crippen LogP contribution in [-0.4, -0.2) is 67.9 Å². The van der Waals surface area contributed by atoms with Crippen LogP contribution in [0.5, 0.6) is 0 Å². The van der Waals surface area contributed by atoms with Gasteiger partial charge in [-0.25, -0.2) is 14.8 Å². The molecule has 0 bridgehead atoms. The van der Waals surface area contributed by atoms with Crippen molar-refractivity contribution in [2.45, 2.75) is 46.2 Å². The Morgan fingerprint density at radius 1 is 1.10 bits per heavy atom. The van der Waals surface area contributed by atoms with Crippen molar-refractivity contribution >= 4 is 52.5 Å². The fourth-order valence-electron chi connectivity index (χ4n) is 3.59. The van der Waals surface area contributed by atoms with Crippen molar-refractivity contribution in [3.8, 4) is 0 Å². The summed E-state index contributed by atoms with van der Waals surface area (Å²) in [6, 6.07) is 4.73. The summed E-state index contributed by atoms with van der Waals surface area (Å²) in [6.07, 6.45) is 0.857. The topological polar surface area (TPSA) is 214 Å². The van der Waals surface area contributed by atoms with Crippen LogP contribution in [0.2, 0.25) is 0 Å². The SMILES string of the molecule is COC(=O)[C@H](CCC(=O)O)NC(=O)c1ccc(N(Cc2cnc3nc(NC(=O)C(C)C)[nH]c(=O)c3n2)C(C)=O)cc1. The summed E-state index contributed by atoms with van der Waals surface area (Å²) in [4.78, 5) is 88.8. The number of carbonyl (C=O) groups is 5. The summed E-state index contributed by atoms with van der Waals surface area (Å²) in [7, 11) is 1.13. The lowest BCUT2D eigenvalue weighted by Crippen LogP contribution is -2.41. The number of hydrogen-bond donors (Lipinski definition) is 4. The number of rotatable bonds is 11. The number of nitrogens with one attached hydrogen (secondary N) is 3. The molecule has 2 aromatic heterocycles. The number of anilines is 2. The number of amides is 3. The molecule has 15 heteroatoms. The Kier molecular flexibility index (Phi) is 9.79. The van der Waals surface area contributed by atoms with Gasteiger partial charge in [0.25, 0.3) is 11.5 Å². The van der Waals surface area contributed by atoms with Gasteiger partial charge in [-0.1, -0.05) is 13.8 Å². The first-order chi connectivity index (χ1) is 19.4. The lowest BCUT2D eigenvalue weighted by Gasteiger charge is -2.21. The maximum Gasteiger partial charge on any atom is 0.328 e. The Labute approximate surface area is 233 Å².